The molecule has 27 heavy (non-hydrogen) atoms. The highest BCUT2D eigenvalue weighted by Gasteiger charge is 2.13. The summed E-state index contributed by atoms with van der Waals surface area (Å²) in [7, 11) is 0. The van der Waals surface area contributed by atoms with Gasteiger partial charge in [-0.15, -0.1) is 17.9 Å². The van der Waals surface area contributed by atoms with Crippen LogP contribution >= 0.6 is 46.0 Å². The summed E-state index contributed by atoms with van der Waals surface area (Å²) < 4.78 is 1.64. The molecule has 0 aliphatic heterocycles. The number of hydrogen-bond donors (Lipinski definition) is 0. The molecule has 0 amide bonds. The van der Waals surface area contributed by atoms with Crippen LogP contribution in [0, 0.1) is 0 Å². The van der Waals surface area contributed by atoms with Crippen LogP contribution in [0.3, 0.4) is 0 Å². The van der Waals surface area contributed by atoms with Gasteiger partial charge in [-0.1, -0.05) is 29.4 Å². The van der Waals surface area contributed by atoms with Gasteiger partial charge in [-0.2, -0.15) is 11.3 Å². The molecule has 0 unspecified atom stereocenters. The number of allylic oxidation sites excluding steroid dienone is 1. The third-order valence-corrected chi connectivity index (χ3v) is 6.73. The summed E-state index contributed by atoms with van der Waals surface area (Å²) in [6.45, 7) is 4.16. The Morgan fingerprint density at radius 2 is 2.15 bits per heavy atom. The third kappa shape index (κ3) is 3.87. The number of thiazole rings is 1. The second kappa shape index (κ2) is 7.98. The van der Waals surface area contributed by atoms with Gasteiger partial charge in [0.2, 0.25) is 0 Å². The van der Waals surface area contributed by atoms with E-state index in [0.717, 1.165) is 16.3 Å². The van der Waals surface area contributed by atoms with E-state index < -0.39 is 0 Å². The molecule has 136 valence electrons. The topological polar surface area (TPSA) is 47.8 Å². The molecule has 0 bridgehead atoms. The van der Waals surface area contributed by atoms with E-state index in [1.165, 1.54) is 11.8 Å². The molecule has 4 nitrogen and oxygen atoms in total. The third-order valence-electron chi connectivity index (χ3n) is 3.86. The van der Waals surface area contributed by atoms with E-state index in [4.69, 9.17) is 16.6 Å². The number of rotatable bonds is 6. The van der Waals surface area contributed by atoms with Gasteiger partial charge in [-0.3, -0.25) is 9.36 Å². The molecule has 0 saturated heterocycles. The standard InChI is InChI=1S/C19H14ClN3OS3/c1-2-6-23-18(24)15-4-3-13(20)8-16(15)22-19(23)27-11-14-10-26-17(21-14)12-5-7-25-9-12/h2-5,7-10H,1,6,11H2. The lowest BCUT2D eigenvalue weighted by molar-refractivity contribution is 0.671. The normalized spacial score (nSPS) is 11.1. The molecule has 8 heteroatoms. The van der Waals surface area contributed by atoms with Crippen LogP contribution < -0.4 is 5.56 Å². The SMILES string of the molecule is C=CCn1c(SCc2csc(-c3ccsc3)n2)nc2cc(Cl)ccc2c1=O. The molecule has 0 N–H and O–H groups in total. The number of aromatic nitrogens is 3. The highest BCUT2D eigenvalue weighted by molar-refractivity contribution is 7.98. The van der Waals surface area contributed by atoms with Gasteiger partial charge in [0.05, 0.1) is 16.6 Å². The van der Waals surface area contributed by atoms with Crippen molar-refractivity contribution in [3.63, 3.8) is 0 Å². The Labute approximate surface area is 173 Å². The zero-order chi connectivity index (χ0) is 18.8. The maximum Gasteiger partial charge on any atom is 0.262 e. The van der Waals surface area contributed by atoms with E-state index in [9.17, 15) is 4.79 Å². The van der Waals surface area contributed by atoms with Crippen LogP contribution in [-0.2, 0) is 12.3 Å². The monoisotopic (exact) mass is 431 g/mol. The Morgan fingerprint density at radius 1 is 1.26 bits per heavy atom. The average molecular weight is 432 g/mol. The Kier molecular flexibility index (Phi) is 5.45. The molecule has 0 aliphatic rings. The molecular weight excluding hydrogens is 418 g/mol. The summed E-state index contributed by atoms with van der Waals surface area (Å²) in [5.41, 5.74) is 2.63. The van der Waals surface area contributed by atoms with Crippen LogP contribution in [0.4, 0.5) is 0 Å². The second-order valence-corrected chi connectivity index (χ2v) is 8.72. The number of thiophene rings is 1. The fraction of sp³-hybridized carbons (Fsp3) is 0.105. The molecule has 1 aromatic carbocycles. The number of halogens is 1. The van der Waals surface area contributed by atoms with Crippen LogP contribution in [-0.4, -0.2) is 14.5 Å². The smallest absolute Gasteiger partial charge is 0.262 e. The van der Waals surface area contributed by atoms with Crippen molar-refractivity contribution >= 4 is 56.9 Å². The first-order valence-corrected chi connectivity index (χ1v) is 11.2. The molecule has 0 saturated carbocycles. The number of fused-ring (bicyclic) bond motifs is 1. The molecule has 3 aromatic heterocycles. The van der Waals surface area contributed by atoms with Crippen molar-refractivity contribution < 1.29 is 0 Å². The minimum absolute atomic E-state index is 0.0868. The Balaban J connectivity index is 1.65. The van der Waals surface area contributed by atoms with E-state index in [1.807, 2.05) is 10.8 Å². The van der Waals surface area contributed by atoms with E-state index in [0.29, 0.717) is 33.4 Å². The van der Waals surface area contributed by atoms with Crippen LogP contribution in [0.1, 0.15) is 5.69 Å². The van der Waals surface area contributed by atoms with Crippen LogP contribution in [0.15, 0.2) is 63.0 Å². The van der Waals surface area contributed by atoms with E-state index in [2.05, 4.69) is 23.0 Å². The number of benzene rings is 1. The zero-order valence-electron chi connectivity index (χ0n) is 14.1. The van der Waals surface area contributed by atoms with Crippen LogP contribution in [0.5, 0.6) is 0 Å². The second-order valence-electron chi connectivity index (χ2n) is 5.70. The number of hydrogen-bond acceptors (Lipinski definition) is 6. The first-order chi connectivity index (χ1) is 13.2. The summed E-state index contributed by atoms with van der Waals surface area (Å²) in [6.07, 6.45) is 1.70. The summed E-state index contributed by atoms with van der Waals surface area (Å²) in [6, 6.07) is 7.21. The average Bonchev–Trinajstić information content (AvgIpc) is 3.34. The summed E-state index contributed by atoms with van der Waals surface area (Å²) in [5, 5.41) is 8.95. The van der Waals surface area contributed by atoms with Gasteiger partial charge in [-0.05, 0) is 29.6 Å². The molecular formula is C19H14ClN3OS3. The van der Waals surface area contributed by atoms with Crippen LogP contribution in [0.25, 0.3) is 21.5 Å². The van der Waals surface area contributed by atoms with Crippen molar-refractivity contribution in [2.45, 2.75) is 17.5 Å². The van der Waals surface area contributed by atoms with E-state index in [1.54, 1.807) is 51.5 Å². The zero-order valence-corrected chi connectivity index (χ0v) is 17.3. The van der Waals surface area contributed by atoms with Gasteiger partial charge in [0.15, 0.2) is 5.16 Å². The fourth-order valence-corrected chi connectivity index (χ4v) is 5.31. The summed E-state index contributed by atoms with van der Waals surface area (Å²) >= 11 is 10.8. The first-order valence-electron chi connectivity index (χ1n) is 8.06. The number of thioether (sulfide) groups is 1. The van der Waals surface area contributed by atoms with Crippen molar-refractivity contribution in [1.82, 2.24) is 14.5 Å². The minimum atomic E-state index is -0.0868. The maximum atomic E-state index is 12.8. The summed E-state index contributed by atoms with van der Waals surface area (Å²) in [5.74, 6) is 0.635. The molecule has 0 radical (unpaired) electrons. The summed E-state index contributed by atoms with van der Waals surface area (Å²) in [4.78, 5) is 22.2. The van der Waals surface area contributed by atoms with Gasteiger partial charge in [0.1, 0.15) is 5.01 Å². The quantitative estimate of drug-likeness (QED) is 0.223. The van der Waals surface area contributed by atoms with Crippen LogP contribution in [0.2, 0.25) is 5.02 Å². The molecule has 0 atom stereocenters. The van der Waals surface area contributed by atoms with Crippen molar-refractivity contribution in [1.29, 1.82) is 0 Å². The van der Waals surface area contributed by atoms with Crippen molar-refractivity contribution in [2.75, 3.05) is 0 Å². The van der Waals surface area contributed by atoms with Gasteiger partial charge in [0.25, 0.3) is 5.56 Å². The highest BCUT2D eigenvalue weighted by atomic mass is 35.5. The molecule has 0 spiro atoms. The highest BCUT2D eigenvalue weighted by Crippen LogP contribution is 2.29. The van der Waals surface area contributed by atoms with Gasteiger partial charge >= 0.3 is 0 Å². The van der Waals surface area contributed by atoms with Crippen molar-refractivity contribution in [2.24, 2.45) is 0 Å². The van der Waals surface area contributed by atoms with E-state index >= 15 is 0 Å². The minimum Gasteiger partial charge on any atom is -0.283 e. The van der Waals surface area contributed by atoms with Crippen molar-refractivity contribution in [3.8, 4) is 10.6 Å². The molecule has 0 fully saturated rings. The Bertz CT molecular complexity index is 1160. The van der Waals surface area contributed by atoms with Gasteiger partial charge < -0.3 is 0 Å². The largest absolute Gasteiger partial charge is 0.283 e. The lowest BCUT2D eigenvalue weighted by Crippen LogP contribution is -2.22. The van der Waals surface area contributed by atoms with E-state index in [-0.39, 0.29) is 5.56 Å². The number of nitrogens with zero attached hydrogens (tertiary/aromatic N) is 3. The first kappa shape index (κ1) is 18.4. The predicted molar refractivity (Wildman–Crippen MR) is 116 cm³/mol. The molecule has 4 rings (SSSR count). The molecule has 4 aromatic rings. The lowest BCUT2D eigenvalue weighted by Gasteiger charge is -2.11. The van der Waals surface area contributed by atoms with Crippen molar-refractivity contribution in [3.05, 3.63) is 74.1 Å². The van der Waals surface area contributed by atoms with Gasteiger partial charge in [-0.25, -0.2) is 9.97 Å². The maximum absolute atomic E-state index is 12.8. The Hall–Kier alpha value is -1.93. The van der Waals surface area contributed by atoms with Gasteiger partial charge in [0, 0.05) is 33.6 Å². The molecule has 3 heterocycles. The molecule has 0 aliphatic carbocycles. The predicted octanol–water partition coefficient (Wildman–Crippen LogP) is 5.71. The fourth-order valence-electron chi connectivity index (χ4n) is 2.60. The lowest BCUT2D eigenvalue weighted by atomic mass is 10.2. The Morgan fingerprint density at radius 3 is 2.93 bits per heavy atom.